The monoisotopic (exact) mass is 488 g/mol. The average Bonchev–Trinajstić information content (AvgIpc) is 3.43. The average molecular weight is 489 g/mol. The molecule has 2 unspecified atom stereocenters. The molecule has 8 nitrogen and oxygen atoms in total. The molecule has 5 rings (SSSR count). The van der Waals surface area contributed by atoms with E-state index in [2.05, 4.69) is 9.88 Å². The Balaban J connectivity index is 1.19. The first-order valence-corrected chi connectivity index (χ1v) is 12.3. The SMILES string of the molecule is CC(C)(C)OC(=O)N1CC2CN(c3ccc(-n4ccc(OCc5ccccc5)cc4=O)cn3)CC2C1. The molecule has 4 heterocycles. The largest absolute Gasteiger partial charge is 0.489 e. The molecule has 36 heavy (non-hydrogen) atoms. The minimum absolute atomic E-state index is 0.173. The molecule has 0 spiro atoms. The van der Waals surface area contributed by atoms with Crippen LogP contribution in [0.5, 0.6) is 5.75 Å². The van der Waals surface area contributed by atoms with Gasteiger partial charge < -0.3 is 19.3 Å². The van der Waals surface area contributed by atoms with Gasteiger partial charge in [-0.05, 0) is 44.5 Å². The van der Waals surface area contributed by atoms with Gasteiger partial charge in [0.1, 0.15) is 23.8 Å². The Bertz CT molecular complexity index is 1250. The van der Waals surface area contributed by atoms with E-state index in [-0.39, 0.29) is 11.7 Å². The van der Waals surface area contributed by atoms with Crippen molar-refractivity contribution in [3.8, 4) is 11.4 Å². The smallest absolute Gasteiger partial charge is 0.410 e. The number of aromatic nitrogens is 2. The van der Waals surface area contributed by atoms with Crippen molar-refractivity contribution in [2.45, 2.75) is 33.0 Å². The number of amides is 1. The molecule has 2 aromatic heterocycles. The van der Waals surface area contributed by atoms with Crippen LogP contribution in [0.2, 0.25) is 0 Å². The number of hydrogen-bond donors (Lipinski definition) is 0. The van der Waals surface area contributed by atoms with Gasteiger partial charge in [-0.25, -0.2) is 9.78 Å². The molecule has 2 atom stereocenters. The number of rotatable bonds is 5. The Kier molecular flexibility index (Phi) is 6.43. The standard InChI is InChI=1S/C28H32N4O4/c1-28(2,3)36-27(34)31-17-21-15-30(16-22(21)18-31)25-10-9-23(14-29-25)32-12-11-24(13-26(32)33)35-19-20-7-5-4-6-8-20/h4-14,21-22H,15-19H2,1-3H3. The molecule has 2 saturated heterocycles. The topological polar surface area (TPSA) is 76.9 Å². The van der Waals surface area contributed by atoms with Crippen LogP contribution >= 0.6 is 0 Å². The van der Waals surface area contributed by atoms with Gasteiger partial charge in [0, 0.05) is 50.3 Å². The molecule has 0 N–H and O–H groups in total. The summed E-state index contributed by atoms with van der Waals surface area (Å²) in [6.45, 7) is 9.20. The molecule has 0 aliphatic carbocycles. The molecule has 1 aromatic carbocycles. The highest BCUT2D eigenvalue weighted by atomic mass is 16.6. The van der Waals surface area contributed by atoms with Gasteiger partial charge in [-0.15, -0.1) is 0 Å². The molecule has 0 radical (unpaired) electrons. The summed E-state index contributed by atoms with van der Waals surface area (Å²) in [4.78, 5) is 33.8. The summed E-state index contributed by atoms with van der Waals surface area (Å²) in [6.07, 6.45) is 3.21. The fourth-order valence-corrected chi connectivity index (χ4v) is 4.87. The Hall–Kier alpha value is -3.81. The van der Waals surface area contributed by atoms with Gasteiger partial charge >= 0.3 is 6.09 Å². The first-order valence-electron chi connectivity index (χ1n) is 12.3. The van der Waals surface area contributed by atoms with E-state index in [0.29, 0.717) is 43.0 Å². The van der Waals surface area contributed by atoms with E-state index in [1.807, 2.05) is 68.1 Å². The third kappa shape index (κ3) is 5.37. The van der Waals surface area contributed by atoms with Crippen molar-refractivity contribution >= 4 is 11.9 Å². The summed E-state index contributed by atoms with van der Waals surface area (Å²) in [7, 11) is 0. The van der Waals surface area contributed by atoms with Crippen LogP contribution in [0.15, 0.2) is 71.8 Å². The predicted octanol–water partition coefficient (Wildman–Crippen LogP) is 4.11. The molecule has 2 fully saturated rings. The van der Waals surface area contributed by atoms with E-state index >= 15 is 0 Å². The first kappa shape index (κ1) is 23.9. The summed E-state index contributed by atoms with van der Waals surface area (Å²) < 4.78 is 12.9. The van der Waals surface area contributed by atoms with Crippen LogP contribution in [-0.2, 0) is 11.3 Å². The van der Waals surface area contributed by atoms with Crippen LogP contribution in [0, 0.1) is 11.8 Å². The van der Waals surface area contributed by atoms with Crippen LogP contribution in [0.3, 0.4) is 0 Å². The third-order valence-corrected chi connectivity index (χ3v) is 6.61. The number of anilines is 1. The normalized spacial score (nSPS) is 19.3. The van der Waals surface area contributed by atoms with E-state index in [0.717, 1.165) is 24.5 Å². The van der Waals surface area contributed by atoms with Crippen molar-refractivity contribution < 1.29 is 14.3 Å². The van der Waals surface area contributed by atoms with Crippen LogP contribution in [0.25, 0.3) is 5.69 Å². The number of hydrogen-bond acceptors (Lipinski definition) is 6. The lowest BCUT2D eigenvalue weighted by atomic mass is 10.0. The summed E-state index contributed by atoms with van der Waals surface area (Å²) in [6, 6.07) is 17.0. The fraction of sp³-hybridized carbons (Fsp3) is 0.393. The molecule has 0 bridgehead atoms. The van der Waals surface area contributed by atoms with Gasteiger partial charge in [-0.1, -0.05) is 30.3 Å². The number of pyridine rings is 2. The number of fused-ring (bicyclic) bond motifs is 1. The predicted molar refractivity (Wildman–Crippen MR) is 138 cm³/mol. The highest BCUT2D eigenvalue weighted by Crippen LogP contribution is 2.34. The van der Waals surface area contributed by atoms with E-state index in [1.54, 1.807) is 23.0 Å². The second-order valence-corrected chi connectivity index (χ2v) is 10.5. The summed E-state index contributed by atoms with van der Waals surface area (Å²) >= 11 is 0. The lowest BCUT2D eigenvalue weighted by Gasteiger charge is -2.26. The molecule has 8 heteroatoms. The number of carbonyl (C=O) groups is 1. The van der Waals surface area contributed by atoms with Crippen molar-refractivity contribution in [3.05, 3.63) is 82.9 Å². The molecule has 0 saturated carbocycles. The minimum atomic E-state index is -0.482. The maximum Gasteiger partial charge on any atom is 0.410 e. The number of nitrogens with zero attached hydrogens (tertiary/aromatic N) is 4. The molecule has 2 aliphatic heterocycles. The lowest BCUT2D eigenvalue weighted by molar-refractivity contribution is 0.0282. The summed E-state index contributed by atoms with van der Waals surface area (Å²) in [5.41, 5.74) is 1.09. The minimum Gasteiger partial charge on any atom is -0.489 e. The molecule has 188 valence electrons. The van der Waals surface area contributed by atoms with Crippen molar-refractivity contribution in [2.24, 2.45) is 11.8 Å². The Morgan fingerprint density at radius 2 is 1.72 bits per heavy atom. The maximum atomic E-state index is 12.7. The van der Waals surface area contributed by atoms with Crippen LogP contribution in [0.4, 0.5) is 10.6 Å². The zero-order valence-electron chi connectivity index (χ0n) is 21.0. The zero-order chi connectivity index (χ0) is 25.3. The number of likely N-dealkylation sites (tertiary alicyclic amines) is 1. The van der Waals surface area contributed by atoms with E-state index < -0.39 is 5.60 Å². The number of benzene rings is 1. The van der Waals surface area contributed by atoms with Gasteiger partial charge in [0.25, 0.3) is 5.56 Å². The second kappa shape index (κ2) is 9.68. The van der Waals surface area contributed by atoms with Gasteiger partial charge in [0.05, 0.1) is 11.9 Å². The Labute approximate surface area is 211 Å². The van der Waals surface area contributed by atoms with Crippen molar-refractivity contribution in [1.29, 1.82) is 0 Å². The highest BCUT2D eigenvalue weighted by molar-refractivity contribution is 5.68. The molecule has 1 amide bonds. The van der Waals surface area contributed by atoms with Gasteiger partial charge in [0.15, 0.2) is 0 Å². The zero-order valence-corrected chi connectivity index (χ0v) is 21.0. The molecule has 2 aliphatic rings. The Morgan fingerprint density at radius 1 is 1.00 bits per heavy atom. The third-order valence-electron chi connectivity index (χ3n) is 6.61. The summed E-state index contributed by atoms with van der Waals surface area (Å²) in [5.74, 6) is 2.23. The molecular formula is C28H32N4O4. The second-order valence-electron chi connectivity index (χ2n) is 10.5. The first-order chi connectivity index (χ1) is 17.2. The number of ether oxygens (including phenoxy) is 2. The van der Waals surface area contributed by atoms with Gasteiger partial charge in [-0.3, -0.25) is 9.36 Å². The molecule has 3 aromatic rings. The van der Waals surface area contributed by atoms with Crippen molar-refractivity contribution in [3.63, 3.8) is 0 Å². The summed E-state index contributed by atoms with van der Waals surface area (Å²) in [5, 5.41) is 0. The van der Waals surface area contributed by atoms with Crippen molar-refractivity contribution in [1.82, 2.24) is 14.5 Å². The van der Waals surface area contributed by atoms with Crippen molar-refractivity contribution in [2.75, 3.05) is 31.1 Å². The van der Waals surface area contributed by atoms with E-state index in [1.165, 1.54) is 6.07 Å². The molecular weight excluding hydrogens is 456 g/mol. The highest BCUT2D eigenvalue weighted by Gasteiger charge is 2.43. The van der Waals surface area contributed by atoms with Crippen LogP contribution in [-0.4, -0.2) is 52.3 Å². The van der Waals surface area contributed by atoms with E-state index in [4.69, 9.17) is 9.47 Å². The van der Waals surface area contributed by atoms with Crippen LogP contribution in [0.1, 0.15) is 26.3 Å². The quantitative estimate of drug-likeness (QED) is 0.538. The van der Waals surface area contributed by atoms with Crippen LogP contribution < -0.4 is 15.2 Å². The van der Waals surface area contributed by atoms with Gasteiger partial charge in [0.2, 0.25) is 0 Å². The number of carbonyl (C=O) groups excluding carboxylic acids is 1. The lowest BCUT2D eigenvalue weighted by Crippen LogP contribution is -2.37. The van der Waals surface area contributed by atoms with E-state index in [9.17, 15) is 9.59 Å². The Morgan fingerprint density at radius 3 is 2.33 bits per heavy atom. The maximum absolute atomic E-state index is 12.7. The fourth-order valence-electron chi connectivity index (χ4n) is 4.87. The van der Waals surface area contributed by atoms with Gasteiger partial charge in [-0.2, -0.15) is 0 Å².